The Morgan fingerprint density at radius 3 is 2.11 bits per heavy atom. The van der Waals surface area contributed by atoms with Crippen molar-refractivity contribution in [3.05, 3.63) is 35.9 Å². The predicted octanol–water partition coefficient (Wildman–Crippen LogP) is 2.16. The van der Waals surface area contributed by atoms with Crippen molar-refractivity contribution < 1.29 is 14.3 Å². The SMILES string of the molecule is CC(=O)C[C@@](N)(C(=O)OC(C)(C)C)c1ccccc1. The highest BCUT2D eigenvalue weighted by molar-refractivity contribution is 5.90. The Morgan fingerprint density at radius 1 is 1.16 bits per heavy atom. The molecule has 0 saturated heterocycles. The number of esters is 1. The number of ether oxygens (including phenoxy) is 1. The fourth-order valence-electron chi connectivity index (χ4n) is 1.79. The minimum atomic E-state index is -1.43. The zero-order valence-corrected chi connectivity index (χ0v) is 11.9. The first kappa shape index (κ1) is 15.4. The van der Waals surface area contributed by atoms with Gasteiger partial charge < -0.3 is 10.5 Å². The summed E-state index contributed by atoms with van der Waals surface area (Å²) >= 11 is 0. The maximum absolute atomic E-state index is 12.3. The second-order valence-corrected chi connectivity index (χ2v) is 5.72. The molecule has 4 nitrogen and oxygen atoms in total. The lowest BCUT2D eigenvalue weighted by atomic mass is 9.86. The lowest BCUT2D eigenvalue weighted by Crippen LogP contribution is -2.49. The van der Waals surface area contributed by atoms with Crippen molar-refractivity contribution in [1.82, 2.24) is 0 Å². The van der Waals surface area contributed by atoms with Crippen molar-refractivity contribution in [1.29, 1.82) is 0 Å². The minimum Gasteiger partial charge on any atom is -0.458 e. The monoisotopic (exact) mass is 263 g/mol. The molecule has 0 saturated carbocycles. The quantitative estimate of drug-likeness (QED) is 0.845. The molecule has 0 heterocycles. The second kappa shape index (κ2) is 5.53. The summed E-state index contributed by atoms with van der Waals surface area (Å²) in [5.74, 6) is -0.737. The van der Waals surface area contributed by atoms with Crippen LogP contribution in [0.3, 0.4) is 0 Å². The molecule has 4 heteroatoms. The zero-order chi connectivity index (χ0) is 14.7. The molecule has 0 spiro atoms. The van der Waals surface area contributed by atoms with Crippen LogP contribution in [0.15, 0.2) is 30.3 Å². The number of hydrogen-bond acceptors (Lipinski definition) is 4. The Labute approximate surface area is 113 Å². The molecule has 0 aliphatic rings. The Hall–Kier alpha value is -1.68. The maximum Gasteiger partial charge on any atom is 0.331 e. The highest BCUT2D eigenvalue weighted by atomic mass is 16.6. The summed E-state index contributed by atoms with van der Waals surface area (Å²) in [6.07, 6.45) is -0.0775. The van der Waals surface area contributed by atoms with E-state index in [1.54, 1.807) is 45.0 Å². The van der Waals surface area contributed by atoms with Gasteiger partial charge in [-0.15, -0.1) is 0 Å². The third-order valence-corrected chi connectivity index (χ3v) is 2.58. The topological polar surface area (TPSA) is 69.4 Å². The first-order valence-corrected chi connectivity index (χ1v) is 6.22. The average Bonchev–Trinajstić information content (AvgIpc) is 2.26. The molecule has 0 amide bonds. The van der Waals surface area contributed by atoms with Gasteiger partial charge in [0.2, 0.25) is 0 Å². The van der Waals surface area contributed by atoms with E-state index in [9.17, 15) is 9.59 Å². The molecule has 1 atom stereocenters. The Kier molecular flexibility index (Phi) is 4.48. The van der Waals surface area contributed by atoms with Crippen molar-refractivity contribution in [3.63, 3.8) is 0 Å². The Bertz CT molecular complexity index is 462. The normalized spacial score (nSPS) is 14.6. The van der Waals surface area contributed by atoms with Gasteiger partial charge in [-0.25, -0.2) is 4.79 Å². The molecule has 0 aliphatic heterocycles. The highest BCUT2D eigenvalue weighted by Gasteiger charge is 2.40. The highest BCUT2D eigenvalue weighted by Crippen LogP contribution is 2.26. The van der Waals surface area contributed by atoms with Crippen molar-refractivity contribution in [2.75, 3.05) is 0 Å². The summed E-state index contributed by atoms with van der Waals surface area (Å²) in [7, 11) is 0. The number of Topliss-reactive ketones (excluding diaryl/α,β-unsaturated/α-hetero) is 1. The van der Waals surface area contributed by atoms with Crippen LogP contribution in [0.25, 0.3) is 0 Å². The van der Waals surface area contributed by atoms with Gasteiger partial charge in [0, 0.05) is 6.42 Å². The molecule has 0 bridgehead atoms. The molecule has 0 aromatic heterocycles. The molecule has 0 unspecified atom stereocenters. The van der Waals surface area contributed by atoms with E-state index in [1.807, 2.05) is 6.07 Å². The number of benzene rings is 1. The van der Waals surface area contributed by atoms with Gasteiger partial charge in [-0.1, -0.05) is 30.3 Å². The Morgan fingerprint density at radius 2 is 1.68 bits per heavy atom. The molecule has 1 rings (SSSR count). The molecule has 0 radical (unpaired) electrons. The fourth-order valence-corrected chi connectivity index (χ4v) is 1.79. The van der Waals surface area contributed by atoms with Crippen LogP contribution >= 0.6 is 0 Å². The van der Waals surface area contributed by atoms with E-state index in [0.29, 0.717) is 5.56 Å². The third kappa shape index (κ3) is 4.17. The van der Waals surface area contributed by atoms with Gasteiger partial charge >= 0.3 is 5.97 Å². The van der Waals surface area contributed by atoms with E-state index >= 15 is 0 Å². The number of rotatable bonds is 4. The van der Waals surface area contributed by atoms with Gasteiger partial charge in [-0.2, -0.15) is 0 Å². The Balaban J connectivity index is 3.14. The first-order valence-electron chi connectivity index (χ1n) is 6.22. The van der Waals surface area contributed by atoms with Crippen LogP contribution in [0.2, 0.25) is 0 Å². The maximum atomic E-state index is 12.3. The second-order valence-electron chi connectivity index (χ2n) is 5.72. The molecule has 0 fully saturated rings. The molecule has 1 aromatic carbocycles. The smallest absolute Gasteiger partial charge is 0.331 e. The van der Waals surface area contributed by atoms with Crippen LogP contribution in [-0.2, 0) is 19.9 Å². The van der Waals surface area contributed by atoms with Crippen LogP contribution in [0.4, 0.5) is 0 Å². The first-order chi connectivity index (χ1) is 8.65. The molecule has 19 heavy (non-hydrogen) atoms. The van der Waals surface area contributed by atoms with Gasteiger partial charge in [0.1, 0.15) is 16.9 Å². The molecular weight excluding hydrogens is 242 g/mol. The number of hydrogen-bond donors (Lipinski definition) is 1. The number of carbonyl (C=O) groups excluding carboxylic acids is 2. The van der Waals surface area contributed by atoms with Gasteiger partial charge in [0.05, 0.1) is 0 Å². The van der Waals surface area contributed by atoms with Gasteiger partial charge in [-0.05, 0) is 33.3 Å². The van der Waals surface area contributed by atoms with E-state index in [0.717, 1.165) is 0 Å². The average molecular weight is 263 g/mol. The van der Waals surface area contributed by atoms with Crippen LogP contribution < -0.4 is 5.73 Å². The summed E-state index contributed by atoms with van der Waals surface area (Å²) in [5, 5.41) is 0. The van der Waals surface area contributed by atoms with Crippen LogP contribution in [0.5, 0.6) is 0 Å². The number of nitrogens with two attached hydrogens (primary N) is 1. The summed E-state index contributed by atoms with van der Waals surface area (Å²) in [4.78, 5) is 23.7. The number of ketones is 1. The van der Waals surface area contributed by atoms with Crippen molar-refractivity contribution >= 4 is 11.8 Å². The van der Waals surface area contributed by atoms with E-state index in [-0.39, 0.29) is 12.2 Å². The van der Waals surface area contributed by atoms with E-state index in [2.05, 4.69) is 0 Å². The summed E-state index contributed by atoms with van der Waals surface area (Å²) in [6, 6.07) is 8.84. The van der Waals surface area contributed by atoms with Gasteiger partial charge in [0.25, 0.3) is 0 Å². The largest absolute Gasteiger partial charge is 0.458 e. The standard InChI is InChI=1S/C15H21NO3/c1-11(17)10-15(16,12-8-6-5-7-9-12)13(18)19-14(2,3)4/h5-9H,10,16H2,1-4H3/t15-/m0/s1. The summed E-state index contributed by atoms with van der Waals surface area (Å²) in [5.41, 5.74) is 4.68. The number of carbonyl (C=O) groups is 2. The van der Waals surface area contributed by atoms with E-state index in [1.165, 1.54) is 6.92 Å². The molecule has 1 aromatic rings. The minimum absolute atomic E-state index is 0.0775. The van der Waals surface area contributed by atoms with E-state index < -0.39 is 17.1 Å². The zero-order valence-electron chi connectivity index (χ0n) is 11.9. The summed E-state index contributed by atoms with van der Waals surface area (Å²) < 4.78 is 5.34. The van der Waals surface area contributed by atoms with Crippen molar-refractivity contribution in [2.45, 2.75) is 45.3 Å². The van der Waals surface area contributed by atoms with Crippen LogP contribution in [0.1, 0.15) is 39.7 Å². The molecule has 2 N–H and O–H groups in total. The lowest BCUT2D eigenvalue weighted by Gasteiger charge is -2.31. The molecule has 0 aliphatic carbocycles. The summed E-state index contributed by atoms with van der Waals surface area (Å²) in [6.45, 7) is 6.72. The lowest BCUT2D eigenvalue weighted by molar-refractivity contribution is -0.163. The van der Waals surface area contributed by atoms with Crippen LogP contribution in [-0.4, -0.2) is 17.4 Å². The fraction of sp³-hybridized carbons (Fsp3) is 0.467. The van der Waals surface area contributed by atoms with Gasteiger partial charge in [-0.3, -0.25) is 4.79 Å². The molecule has 104 valence electrons. The third-order valence-electron chi connectivity index (χ3n) is 2.58. The molecular formula is C15H21NO3. The van der Waals surface area contributed by atoms with Crippen LogP contribution in [0, 0.1) is 0 Å². The predicted molar refractivity (Wildman–Crippen MR) is 73.5 cm³/mol. The van der Waals surface area contributed by atoms with Crippen molar-refractivity contribution in [2.24, 2.45) is 5.73 Å². The van der Waals surface area contributed by atoms with Crippen molar-refractivity contribution in [3.8, 4) is 0 Å². The van der Waals surface area contributed by atoms with Gasteiger partial charge in [0.15, 0.2) is 0 Å². The van der Waals surface area contributed by atoms with E-state index in [4.69, 9.17) is 10.5 Å².